The van der Waals surface area contributed by atoms with Crippen molar-refractivity contribution in [3.05, 3.63) is 5.82 Å². The van der Waals surface area contributed by atoms with E-state index in [1.807, 2.05) is 0 Å². The van der Waals surface area contributed by atoms with Crippen molar-refractivity contribution in [1.29, 1.82) is 0 Å². The first kappa shape index (κ1) is 17.3. The Morgan fingerprint density at radius 2 is 2.00 bits per heavy atom. The number of tetrazole rings is 1. The highest BCUT2D eigenvalue weighted by atomic mass is 32.2. The first-order chi connectivity index (χ1) is 11.4. The third-order valence-corrected chi connectivity index (χ3v) is 7.08. The van der Waals surface area contributed by atoms with Gasteiger partial charge in [-0.05, 0) is 49.0 Å². The summed E-state index contributed by atoms with van der Waals surface area (Å²) in [4.78, 5) is 12.4. The molecule has 0 bridgehead atoms. The summed E-state index contributed by atoms with van der Waals surface area (Å²) in [5.41, 5.74) is 0. The van der Waals surface area contributed by atoms with Crippen LogP contribution in [0.4, 0.5) is 0 Å². The van der Waals surface area contributed by atoms with Crippen molar-refractivity contribution in [2.24, 2.45) is 5.92 Å². The monoisotopic (exact) mass is 355 g/mol. The van der Waals surface area contributed by atoms with Gasteiger partial charge >= 0.3 is 0 Å². The highest BCUT2D eigenvalue weighted by Crippen LogP contribution is 2.34. The number of rotatable bonds is 6. The second-order valence-corrected chi connectivity index (χ2v) is 9.42. The van der Waals surface area contributed by atoms with Crippen LogP contribution in [0.1, 0.15) is 64.2 Å². The zero-order valence-corrected chi connectivity index (χ0v) is 15.0. The lowest BCUT2D eigenvalue weighted by Crippen LogP contribution is -2.47. The van der Waals surface area contributed by atoms with Gasteiger partial charge in [-0.25, -0.2) is 13.1 Å². The second kappa shape index (κ2) is 6.78. The average molecular weight is 355 g/mol. The minimum absolute atomic E-state index is 0.0701. The van der Waals surface area contributed by atoms with Crippen LogP contribution in [0, 0.1) is 5.92 Å². The number of sulfone groups is 1. The fraction of sp³-hybridized carbons (Fsp3) is 0.867. The van der Waals surface area contributed by atoms with E-state index in [2.05, 4.69) is 27.8 Å². The van der Waals surface area contributed by atoms with E-state index in [1.165, 1.54) is 13.3 Å². The van der Waals surface area contributed by atoms with Gasteiger partial charge in [0.1, 0.15) is 11.0 Å². The molecule has 9 heteroatoms. The Labute approximate surface area is 142 Å². The highest BCUT2D eigenvalue weighted by Gasteiger charge is 2.35. The summed E-state index contributed by atoms with van der Waals surface area (Å²) in [6, 6.07) is 0.276. The van der Waals surface area contributed by atoms with Crippen molar-refractivity contribution in [3.63, 3.8) is 0 Å². The van der Waals surface area contributed by atoms with E-state index in [1.54, 1.807) is 4.68 Å². The van der Waals surface area contributed by atoms with Crippen LogP contribution < -0.4 is 5.32 Å². The Bertz CT molecular complexity index is 698. The van der Waals surface area contributed by atoms with Crippen LogP contribution >= 0.6 is 0 Å². The molecule has 134 valence electrons. The smallest absolute Gasteiger partial charge is 0.238 e. The summed E-state index contributed by atoms with van der Waals surface area (Å²) in [7, 11) is -3.65. The molecule has 0 aliphatic heterocycles. The second-order valence-electron chi connectivity index (χ2n) is 7.10. The van der Waals surface area contributed by atoms with Crippen molar-refractivity contribution < 1.29 is 13.2 Å². The van der Waals surface area contributed by atoms with Crippen molar-refractivity contribution in [2.45, 2.75) is 75.5 Å². The summed E-state index contributed by atoms with van der Waals surface area (Å²) < 4.78 is 26.8. The molecule has 0 saturated heterocycles. The Morgan fingerprint density at radius 1 is 1.29 bits per heavy atom. The third-order valence-electron chi connectivity index (χ3n) is 5.13. The van der Waals surface area contributed by atoms with Gasteiger partial charge in [-0.2, -0.15) is 0 Å². The fourth-order valence-corrected chi connectivity index (χ4v) is 4.40. The molecule has 2 fully saturated rings. The third kappa shape index (κ3) is 3.76. The number of nitrogens with one attached hydrogen (secondary N) is 1. The summed E-state index contributed by atoms with van der Waals surface area (Å²) >= 11 is 0. The highest BCUT2D eigenvalue weighted by molar-refractivity contribution is 7.92. The maximum Gasteiger partial charge on any atom is 0.238 e. The van der Waals surface area contributed by atoms with Crippen molar-refractivity contribution in [1.82, 2.24) is 25.5 Å². The van der Waals surface area contributed by atoms with Crippen LogP contribution in [-0.2, 0) is 20.4 Å². The molecule has 0 aromatic carbocycles. The lowest BCUT2D eigenvalue weighted by atomic mass is 9.86. The molecule has 0 unspecified atom stereocenters. The minimum atomic E-state index is -3.65. The molecule has 2 saturated carbocycles. The molecule has 3 rings (SSSR count). The van der Waals surface area contributed by atoms with Gasteiger partial charge in [0, 0.05) is 6.04 Å². The largest absolute Gasteiger partial charge is 0.352 e. The van der Waals surface area contributed by atoms with Crippen LogP contribution in [0.5, 0.6) is 0 Å². The zero-order valence-electron chi connectivity index (χ0n) is 14.2. The molecule has 24 heavy (non-hydrogen) atoms. The molecule has 1 N–H and O–H groups in total. The molecule has 2 aliphatic rings. The van der Waals surface area contributed by atoms with Crippen LogP contribution in [0.2, 0.25) is 0 Å². The Morgan fingerprint density at radius 3 is 2.67 bits per heavy atom. The molecule has 1 heterocycles. The zero-order chi connectivity index (χ0) is 17.3. The van der Waals surface area contributed by atoms with Crippen molar-refractivity contribution in [3.8, 4) is 0 Å². The predicted octanol–water partition coefficient (Wildman–Crippen LogP) is 1.01. The normalized spacial score (nSPS) is 26.1. The molecule has 1 aromatic rings. The molecular formula is C15H25N5O3S. The SMILES string of the molecule is C[C@@H]1CCCC[C@H]1NC(=O)[C@H](C)S(=O)(=O)Cc1nnnn1C1CC1. The molecule has 8 nitrogen and oxygen atoms in total. The maximum absolute atomic E-state index is 12.6. The first-order valence-electron chi connectivity index (χ1n) is 8.67. The number of aromatic nitrogens is 4. The van der Waals surface area contributed by atoms with Gasteiger partial charge < -0.3 is 5.32 Å². The van der Waals surface area contributed by atoms with Gasteiger partial charge in [0.15, 0.2) is 15.7 Å². The number of hydrogen-bond acceptors (Lipinski definition) is 6. The number of carbonyl (C=O) groups is 1. The van der Waals surface area contributed by atoms with Gasteiger partial charge in [-0.15, -0.1) is 5.10 Å². The van der Waals surface area contributed by atoms with Crippen LogP contribution in [0.25, 0.3) is 0 Å². The molecular weight excluding hydrogens is 330 g/mol. The van der Waals surface area contributed by atoms with Gasteiger partial charge in [-0.1, -0.05) is 19.8 Å². The lowest BCUT2D eigenvalue weighted by Gasteiger charge is -2.30. The van der Waals surface area contributed by atoms with Crippen LogP contribution in [0.3, 0.4) is 0 Å². The standard InChI is InChI=1S/C15H25N5O3S/c1-10-5-3-4-6-13(10)16-15(21)11(2)24(22,23)9-14-17-18-19-20(14)12-7-8-12/h10-13H,3-9H2,1-2H3,(H,16,21)/t10-,11+,13-/m1/s1. The predicted molar refractivity (Wildman–Crippen MR) is 87.7 cm³/mol. The lowest BCUT2D eigenvalue weighted by molar-refractivity contribution is -0.121. The van der Waals surface area contributed by atoms with Crippen molar-refractivity contribution in [2.75, 3.05) is 0 Å². The van der Waals surface area contributed by atoms with E-state index in [4.69, 9.17) is 0 Å². The van der Waals surface area contributed by atoms with Gasteiger partial charge in [0.25, 0.3) is 0 Å². The first-order valence-corrected chi connectivity index (χ1v) is 10.4. The summed E-state index contributed by atoms with van der Waals surface area (Å²) in [5.74, 6) is -0.00663. The summed E-state index contributed by atoms with van der Waals surface area (Å²) in [6.45, 7) is 3.55. The van der Waals surface area contributed by atoms with E-state index < -0.39 is 21.0 Å². The van der Waals surface area contributed by atoms with E-state index in [9.17, 15) is 13.2 Å². The summed E-state index contributed by atoms with van der Waals surface area (Å²) in [5, 5.41) is 13.1. The van der Waals surface area contributed by atoms with E-state index >= 15 is 0 Å². The molecule has 1 aromatic heterocycles. The van der Waals surface area contributed by atoms with Crippen LogP contribution in [-0.4, -0.2) is 45.8 Å². The number of hydrogen-bond donors (Lipinski definition) is 1. The number of carbonyl (C=O) groups excluding carboxylic acids is 1. The topological polar surface area (TPSA) is 107 Å². The molecule has 2 aliphatic carbocycles. The van der Waals surface area contributed by atoms with E-state index in [0.717, 1.165) is 32.1 Å². The van der Waals surface area contributed by atoms with Crippen LogP contribution in [0.15, 0.2) is 0 Å². The molecule has 3 atom stereocenters. The quantitative estimate of drug-likeness (QED) is 0.816. The summed E-state index contributed by atoms with van der Waals surface area (Å²) in [6.07, 6.45) is 6.17. The Hall–Kier alpha value is -1.51. The average Bonchev–Trinajstić information content (AvgIpc) is 3.29. The molecule has 0 radical (unpaired) electrons. The Balaban J connectivity index is 1.64. The van der Waals surface area contributed by atoms with Gasteiger partial charge in [0.2, 0.25) is 5.91 Å². The number of nitrogens with zero attached hydrogens (tertiary/aromatic N) is 4. The van der Waals surface area contributed by atoms with E-state index in [-0.39, 0.29) is 17.8 Å². The fourth-order valence-electron chi connectivity index (χ4n) is 3.21. The van der Waals surface area contributed by atoms with E-state index in [0.29, 0.717) is 11.7 Å². The molecule has 1 amide bonds. The maximum atomic E-state index is 12.6. The number of amides is 1. The van der Waals surface area contributed by atoms with Gasteiger partial charge in [0.05, 0.1) is 6.04 Å². The molecule has 0 spiro atoms. The van der Waals surface area contributed by atoms with Crippen molar-refractivity contribution >= 4 is 15.7 Å². The minimum Gasteiger partial charge on any atom is -0.352 e. The van der Waals surface area contributed by atoms with Gasteiger partial charge in [-0.3, -0.25) is 4.79 Å². The Kier molecular flexibility index (Phi) is 4.89.